The number of fused-ring (bicyclic) bond motifs is 1. The van der Waals surface area contributed by atoms with Crippen LogP contribution in [0.2, 0.25) is 5.02 Å². The van der Waals surface area contributed by atoms with Crippen LogP contribution in [0.3, 0.4) is 0 Å². The van der Waals surface area contributed by atoms with Crippen LogP contribution in [0.5, 0.6) is 0 Å². The maximum Gasteiger partial charge on any atom is 0.267 e. The lowest BCUT2D eigenvalue weighted by atomic mass is 9.98. The highest BCUT2D eigenvalue weighted by Gasteiger charge is 2.42. The predicted octanol–water partition coefficient (Wildman–Crippen LogP) is 6.11. The number of para-hydroxylation sites is 2. The molecule has 0 saturated carbocycles. The van der Waals surface area contributed by atoms with E-state index in [4.69, 9.17) is 23.8 Å². The van der Waals surface area contributed by atoms with Gasteiger partial charge in [0.25, 0.3) is 11.8 Å². The molecule has 0 aromatic heterocycles. The van der Waals surface area contributed by atoms with Crippen molar-refractivity contribution in [3.8, 4) is 0 Å². The second-order valence-corrected chi connectivity index (χ2v) is 10.9. The van der Waals surface area contributed by atoms with Crippen LogP contribution < -0.4 is 10.2 Å². The van der Waals surface area contributed by atoms with Crippen molar-refractivity contribution in [3.63, 3.8) is 0 Å². The van der Waals surface area contributed by atoms with Crippen molar-refractivity contribution in [2.45, 2.75) is 39.5 Å². The number of rotatable bonds is 9. The first kappa shape index (κ1) is 26.4. The number of hydrogen-bond donors (Lipinski definition) is 1. The van der Waals surface area contributed by atoms with E-state index >= 15 is 0 Å². The molecule has 2 heterocycles. The van der Waals surface area contributed by atoms with E-state index in [1.165, 1.54) is 16.7 Å². The molecule has 0 bridgehead atoms. The van der Waals surface area contributed by atoms with Gasteiger partial charge in [-0.25, -0.2) is 0 Å². The van der Waals surface area contributed by atoms with Gasteiger partial charge in [0, 0.05) is 12.1 Å². The third-order valence-corrected chi connectivity index (χ3v) is 8.21. The summed E-state index contributed by atoms with van der Waals surface area (Å²) in [5, 5.41) is 3.17. The van der Waals surface area contributed by atoms with Crippen molar-refractivity contribution in [2.75, 3.05) is 23.3 Å². The number of amides is 3. The summed E-state index contributed by atoms with van der Waals surface area (Å²) < 4.78 is 0.470. The molecule has 4 rings (SSSR count). The lowest BCUT2D eigenvalue weighted by Crippen LogP contribution is -2.36. The molecule has 1 unspecified atom stereocenters. The van der Waals surface area contributed by atoms with Gasteiger partial charge in [0.15, 0.2) is 0 Å². The normalized spacial score (nSPS) is 18.1. The third-order valence-electron chi connectivity index (χ3n) is 6.43. The minimum atomic E-state index is -0.387. The Bertz CT molecular complexity index is 1250. The van der Waals surface area contributed by atoms with Crippen LogP contribution in [-0.2, 0) is 14.4 Å². The second-order valence-electron chi connectivity index (χ2n) is 8.84. The molecule has 0 aliphatic carbocycles. The average molecular weight is 542 g/mol. The maximum atomic E-state index is 13.6. The maximum absolute atomic E-state index is 13.6. The van der Waals surface area contributed by atoms with Gasteiger partial charge in [0.05, 0.1) is 26.9 Å². The van der Waals surface area contributed by atoms with E-state index in [2.05, 4.69) is 19.2 Å². The number of nitrogens with one attached hydrogen (secondary N) is 1. The Morgan fingerprint density at radius 2 is 1.78 bits per heavy atom. The molecule has 36 heavy (non-hydrogen) atoms. The van der Waals surface area contributed by atoms with Crippen molar-refractivity contribution in [3.05, 3.63) is 64.0 Å². The molecule has 0 radical (unpaired) electrons. The molecule has 6 nitrogen and oxygen atoms in total. The van der Waals surface area contributed by atoms with Gasteiger partial charge < -0.3 is 5.32 Å². The molecule has 1 N–H and O–H groups in total. The van der Waals surface area contributed by atoms with Crippen molar-refractivity contribution in [2.24, 2.45) is 5.92 Å². The first-order valence-corrected chi connectivity index (χ1v) is 13.7. The molecule has 1 atom stereocenters. The summed E-state index contributed by atoms with van der Waals surface area (Å²) in [6, 6.07) is 14.1. The van der Waals surface area contributed by atoms with E-state index in [-0.39, 0.29) is 24.3 Å². The van der Waals surface area contributed by atoms with Crippen molar-refractivity contribution in [1.29, 1.82) is 0 Å². The Morgan fingerprint density at radius 3 is 2.50 bits per heavy atom. The van der Waals surface area contributed by atoms with Crippen LogP contribution >= 0.6 is 35.6 Å². The summed E-state index contributed by atoms with van der Waals surface area (Å²) in [5.41, 5.74) is 1.99. The smallest absolute Gasteiger partial charge is 0.267 e. The van der Waals surface area contributed by atoms with Gasteiger partial charge in [-0.15, -0.1) is 0 Å². The van der Waals surface area contributed by atoms with Gasteiger partial charge in [-0.05, 0) is 30.5 Å². The number of carbonyl (C=O) groups excluding carboxylic acids is 3. The molecule has 1 fully saturated rings. The molecule has 2 aromatic rings. The first-order valence-electron chi connectivity index (χ1n) is 12.1. The highest BCUT2D eigenvalue weighted by atomic mass is 35.5. The number of anilines is 2. The van der Waals surface area contributed by atoms with Crippen LogP contribution in [0.1, 0.15) is 45.1 Å². The number of halogens is 1. The number of nitrogens with zero attached hydrogens (tertiary/aromatic N) is 2. The number of hydrogen-bond acceptors (Lipinski definition) is 5. The van der Waals surface area contributed by atoms with Gasteiger partial charge in [-0.1, -0.05) is 99.0 Å². The first-order chi connectivity index (χ1) is 17.3. The Kier molecular flexibility index (Phi) is 8.49. The fraction of sp³-hybridized carbons (Fsp3) is 0.333. The fourth-order valence-electron chi connectivity index (χ4n) is 4.43. The summed E-state index contributed by atoms with van der Waals surface area (Å²) >= 11 is 12.9. The molecule has 2 aromatic carbocycles. The van der Waals surface area contributed by atoms with E-state index < -0.39 is 0 Å². The zero-order valence-corrected chi connectivity index (χ0v) is 22.6. The van der Waals surface area contributed by atoms with Crippen molar-refractivity contribution < 1.29 is 14.4 Å². The standard InChI is InChI=1S/C27H28ClN3O3S2/c1-3-5-10-17(4-2)15-31-26(34)24(36-27(31)35)23-18-11-6-9-14-21(18)30(25(23)33)16-22(32)29-20-13-8-7-12-19(20)28/h6-9,11-14,17H,3-5,10,15-16H2,1-2H3,(H,29,32)/b24-23-. The minimum absolute atomic E-state index is 0.209. The van der Waals surface area contributed by atoms with Crippen molar-refractivity contribution in [1.82, 2.24) is 4.90 Å². The van der Waals surface area contributed by atoms with Gasteiger partial charge in [0.2, 0.25) is 5.91 Å². The van der Waals surface area contributed by atoms with Crippen LogP contribution in [0.4, 0.5) is 11.4 Å². The lowest BCUT2D eigenvalue weighted by Gasteiger charge is -2.21. The lowest BCUT2D eigenvalue weighted by molar-refractivity contribution is -0.123. The Hall–Kier alpha value is -2.68. The second kappa shape index (κ2) is 11.6. The molecule has 3 amide bonds. The molecule has 2 aliphatic heterocycles. The quantitative estimate of drug-likeness (QED) is 0.306. The van der Waals surface area contributed by atoms with Gasteiger partial charge >= 0.3 is 0 Å². The number of thioether (sulfide) groups is 1. The molecular formula is C27H28ClN3O3S2. The van der Waals surface area contributed by atoms with E-state index in [1.54, 1.807) is 47.4 Å². The zero-order chi connectivity index (χ0) is 25.8. The van der Waals surface area contributed by atoms with Crippen LogP contribution in [0.15, 0.2) is 53.4 Å². The molecule has 2 aliphatic rings. The predicted molar refractivity (Wildman–Crippen MR) is 151 cm³/mol. The van der Waals surface area contributed by atoms with Gasteiger partial charge in [-0.3, -0.25) is 24.2 Å². The Morgan fingerprint density at radius 1 is 1.06 bits per heavy atom. The average Bonchev–Trinajstić information content (AvgIpc) is 3.30. The van der Waals surface area contributed by atoms with Gasteiger partial charge in [-0.2, -0.15) is 0 Å². The SMILES string of the molecule is CCCCC(CC)CN1C(=O)/C(=C2/C(=O)N(CC(=O)Nc3ccccc3Cl)c3ccccc32)SC1=S. The number of unbranched alkanes of at least 4 members (excludes halogenated alkanes) is 1. The molecular weight excluding hydrogens is 514 g/mol. The number of benzene rings is 2. The van der Waals surface area contributed by atoms with Crippen LogP contribution in [0, 0.1) is 5.92 Å². The number of carbonyl (C=O) groups is 3. The van der Waals surface area contributed by atoms with E-state index in [9.17, 15) is 14.4 Å². The topological polar surface area (TPSA) is 69.7 Å². The summed E-state index contributed by atoms with van der Waals surface area (Å²) in [7, 11) is 0. The summed E-state index contributed by atoms with van der Waals surface area (Å²) in [6.45, 7) is 4.62. The molecule has 188 valence electrons. The largest absolute Gasteiger partial charge is 0.323 e. The van der Waals surface area contributed by atoms with E-state index in [0.29, 0.717) is 49.2 Å². The Labute approximate surface area is 226 Å². The Balaban J connectivity index is 1.60. The van der Waals surface area contributed by atoms with E-state index in [1.807, 2.05) is 6.07 Å². The highest BCUT2D eigenvalue weighted by Crippen LogP contribution is 2.44. The molecule has 9 heteroatoms. The monoisotopic (exact) mass is 541 g/mol. The van der Waals surface area contributed by atoms with E-state index in [0.717, 1.165) is 25.7 Å². The summed E-state index contributed by atoms with van der Waals surface area (Å²) in [5.74, 6) is -0.653. The third kappa shape index (κ3) is 5.36. The minimum Gasteiger partial charge on any atom is -0.323 e. The summed E-state index contributed by atoms with van der Waals surface area (Å²) in [6.07, 6.45) is 4.20. The highest BCUT2D eigenvalue weighted by molar-refractivity contribution is 8.26. The van der Waals surface area contributed by atoms with Gasteiger partial charge in [0.1, 0.15) is 10.9 Å². The van der Waals surface area contributed by atoms with Crippen LogP contribution in [0.25, 0.3) is 5.57 Å². The summed E-state index contributed by atoms with van der Waals surface area (Å²) in [4.78, 5) is 43.3. The fourth-order valence-corrected chi connectivity index (χ4v) is 5.96. The zero-order valence-electron chi connectivity index (χ0n) is 20.3. The molecule has 0 spiro atoms. The number of thiocarbonyl (C=S) groups is 1. The van der Waals surface area contributed by atoms with Crippen molar-refractivity contribution >= 4 is 74.6 Å². The molecule has 1 saturated heterocycles. The van der Waals surface area contributed by atoms with Crippen LogP contribution in [-0.4, -0.2) is 40.0 Å².